The van der Waals surface area contributed by atoms with Crippen LogP contribution in [0.5, 0.6) is 5.75 Å². The topological polar surface area (TPSA) is 64.3 Å². The molecule has 2 bridgehead atoms. The van der Waals surface area contributed by atoms with Crippen LogP contribution < -0.4 is 15.8 Å². The number of ether oxygens (including phenoxy) is 1. The van der Waals surface area contributed by atoms with Crippen LogP contribution >= 0.6 is 24.0 Å². The number of amides is 1. The number of hydrogen-bond acceptors (Lipinski definition) is 3. The number of rotatable bonds is 4. The average Bonchev–Trinajstić information content (AvgIpc) is 3.02. The Morgan fingerprint density at radius 3 is 2.61 bits per heavy atom. The van der Waals surface area contributed by atoms with Gasteiger partial charge in [0.25, 0.3) is 0 Å². The van der Waals surface area contributed by atoms with Gasteiger partial charge in [-0.1, -0.05) is 11.6 Å². The number of halogens is 2. The van der Waals surface area contributed by atoms with Crippen LogP contribution in [-0.2, 0) is 4.79 Å². The Balaban J connectivity index is 0.00000192. The van der Waals surface area contributed by atoms with Gasteiger partial charge >= 0.3 is 0 Å². The number of carbonyl (C=O) groups is 1. The zero-order chi connectivity index (χ0) is 15.9. The molecule has 2 aliphatic rings. The Morgan fingerprint density at radius 1 is 1.35 bits per heavy atom. The van der Waals surface area contributed by atoms with E-state index in [1.54, 1.807) is 12.1 Å². The third-order valence-corrected chi connectivity index (χ3v) is 5.14. The van der Waals surface area contributed by atoms with Gasteiger partial charge in [0.2, 0.25) is 5.91 Å². The molecule has 3 rings (SSSR count). The molecule has 0 radical (unpaired) electrons. The molecule has 2 aliphatic carbocycles. The van der Waals surface area contributed by atoms with Gasteiger partial charge in [0, 0.05) is 11.7 Å². The molecule has 1 amide bonds. The summed E-state index contributed by atoms with van der Waals surface area (Å²) in [6.45, 7) is 3.89. The molecule has 2 saturated carbocycles. The van der Waals surface area contributed by atoms with Gasteiger partial charge in [-0.25, -0.2) is 0 Å². The van der Waals surface area contributed by atoms with Crippen molar-refractivity contribution < 1.29 is 9.53 Å². The third-order valence-electron chi connectivity index (χ3n) is 4.85. The summed E-state index contributed by atoms with van der Waals surface area (Å²) in [7, 11) is 0. The van der Waals surface area contributed by atoms with Gasteiger partial charge in [0.05, 0.1) is 17.0 Å². The van der Waals surface area contributed by atoms with Crippen molar-refractivity contribution in [3.8, 4) is 5.75 Å². The Kier molecular flexibility index (Phi) is 5.82. The molecule has 0 aromatic heterocycles. The Morgan fingerprint density at radius 2 is 2.04 bits per heavy atom. The van der Waals surface area contributed by atoms with E-state index in [-0.39, 0.29) is 36.4 Å². The van der Waals surface area contributed by atoms with Crippen molar-refractivity contribution in [2.75, 3.05) is 5.32 Å². The average molecular weight is 359 g/mol. The highest BCUT2D eigenvalue weighted by Gasteiger charge is 2.49. The van der Waals surface area contributed by atoms with Gasteiger partial charge in [-0.15, -0.1) is 12.4 Å². The lowest BCUT2D eigenvalue weighted by Crippen LogP contribution is -2.42. The van der Waals surface area contributed by atoms with Crippen LogP contribution in [0.2, 0.25) is 5.02 Å². The van der Waals surface area contributed by atoms with Crippen LogP contribution in [0.4, 0.5) is 5.69 Å². The molecule has 4 atom stereocenters. The Labute approximate surface area is 148 Å². The molecule has 1 aromatic rings. The van der Waals surface area contributed by atoms with Crippen molar-refractivity contribution in [3.05, 3.63) is 23.2 Å². The number of benzene rings is 1. The number of anilines is 1. The summed E-state index contributed by atoms with van der Waals surface area (Å²) in [5.74, 6) is 1.55. The lowest BCUT2D eigenvalue weighted by atomic mass is 9.84. The maximum Gasteiger partial charge on any atom is 0.229 e. The lowest BCUT2D eigenvalue weighted by molar-refractivity contribution is -0.121. The molecule has 2 fully saturated rings. The van der Waals surface area contributed by atoms with E-state index in [9.17, 15) is 4.79 Å². The van der Waals surface area contributed by atoms with E-state index in [0.29, 0.717) is 28.3 Å². The van der Waals surface area contributed by atoms with E-state index >= 15 is 0 Å². The fourth-order valence-electron chi connectivity index (χ4n) is 3.88. The van der Waals surface area contributed by atoms with Crippen molar-refractivity contribution in [1.29, 1.82) is 0 Å². The highest BCUT2D eigenvalue weighted by Crippen LogP contribution is 2.48. The summed E-state index contributed by atoms with van der Waals surface area (Å²) in [6.07, 6.45) is 3.45. The predicted molar refractivity (Wildman–Crippen MR) is 95.4 cm³/mol. The van der Waals surface area contributed by atoms with Gasteiger partial charge < -0.3 is 15.8 Å². The number of fused-ring (bicyclic) bond motifs is 2. The van der Waals surface area contributed by atoms with Crippen LogP contribution in [0.3, 0.4) is 0 Å². The fraction of sp³-hybridized carbons (Fsp3) is 0.588. The molecule has 23 heavy (non-hydrogen) atoms. The fourth-order valence-corrected chi connectivity index (χ4v) is 4.10. The monoisotopic (exact) mass is 358 g/mol. The van der Waals surface area contributed by atoms with Crippen molar-refractivity contribution in [3.63, 3.8) is 0 Å². The maximum absolute atomic E-state index is 12.5. The van der Waals surface area contributed by atoms with Crippen LogP contribution in [0.25, 0.3) is 0 Å². The molecule has 1 aromatic carbocycles. The van der Waals surface area contributed by atoms with Crippen LogP contribution in [0.1, 0.15) is 33.1 Å². The Bertz CT molecular complexity index is 578. The van der Waals surface area contributed by atoms with Crippen LogP contribution in [0, 0.1) is 17.8 Å². The van der Waals surface area contributed by atoms with Crippen molar-refractivity contribution >= 4 is 35.6 Å². The van der Waals surface area contributed by atoms with E-state index in [1.807, 2.05) is 19.9 Å². The van der Waals surface area contributed by atoms with Crippen molar-refractivity contribution in [1.82, 2.24) is 0 Å². The number of nitrogens with two attached hydrogens (primary N) is 1. The van der Waals surface area contributed by atoms with Gasteiger partial charge in [0.1, 0.15) is 5.75 Å². The van der Waals surface area contributed by atoms with Crippen LogP contribution in [0.15, 0.2) is 18.2 Å². The smallest absolute Gasteiger partial charge is 0.229 e. The predicted octanol–water partition coefficient (Wildman–Crippen LogP) is 3.86. The summed E-state index contributed by atoms with van der Waals surface area (Å²) in [6, 6.07) is 5.34. The molecule has 0 aliphatic heterocycles. The largest absolute Gasteiger partial charge is 0.489 e. The first kappa shape index (κ1) is 18.4. The molecule has 3 N–H and O–H groups in total. The minimum atomic E-state index is -0.0656. The van der Waals surface area contributed by atoms with Crippen molar-refractivity contribution in [2.24, 2.45) is 23.5 Å². The van der Waals surface area contributed by atoms with Gasteiger partial charge in [-0.05, 0) is 63.1 Å². The van der Waals surface area contributed by atoms with Crippen LogP contribution in [-0.4, -0.2) is 18.1 Å². The zero-order valence-corrected chi connectivity index (χ0v) is 15.0. The molecular weight excluding hydrogens is 335 g/mol. The second kappa shape index (κ2) is 7.29. The quantitative estimate of drug-likeness (QED) is 0.858. The molecule has 0 heterocycles. The van der Waals surface area contributed by atoms with E-state index < -0.39 is 0 Å². The highest BCUT2D eigenvalue weighted by atomic mass is 35.5. The molecule has 0 spiro atoms. The summed E-state index contributed by atoms with van der Waals surface area (Å²) in [4.78, 5) is 12.5. The second-order valence-electron chi connectivity index (χ2n) is 6.74. The van der Waals surface area contributed by atoms with E-state index in [2.05, 4.69) is 5.32 Å². The standard InChI is InChI=1S/C17H23ClN2O2.ClH/c1-9(2)22-14-6-5-12(8-13(14)18)20-17(21)15-10-3-4-11(7-10)16(15)19;/h5-6,8-11,15-16H,3-4,7,19H2,1-2H3,(H,20,21);1H. The summed E-state index contributed by atoms with van der Waals surface area (Å²) >= 11 is 6.21. The zero-order valence-electron chi connectivity index (χ0n) is 13.4. The maximum atomic E-state index is 12.5. The Hall–Kier alpha value is -0.970. The molecular formula is C17H24Cl2N2O2. The lowest BCUT2D eigenvalue weighted by Gasteiger charge is -2.27. The second-order valence-corrected chi connectivity index (χ2v) is 7.14. The molecule has 0 saturated heterocycles. The van der Waals surface area contributed by atoms with Gasteiger partial charge in [0.15, 0.2) is 0 Å². The summed E-state index contributed by atoms with van der Waals surface area (Å²) in [5, 5.41) is 3.47. The normalized spacial score (nSPS) is 28.6. The van der Waals surface area contributed by atoms with E-state index in [0.717, 1.165) is 12.8 Å². The van der Waals surface area contributed by atoms with Crippen molar-refractivity contribution in [2.45, 2.75) is 45.3 Å². The number of nitrogens with one attached hydrogen (secondary N) is 1. The molecule has 4 nitrogen and oxygen atoms in total. The summed E-state index contributed by atoms with van der Waals surface area (Å²) in [5.41, 5.74) is 6.92. The van der Waals surface area contributed by atoms with E-state index in [4.69, 9.17) is 22.1 Å². The first-order valence-corrected chi connectivity index (χ1v) is 8.36. The first-order chi connectivity index (χ1) is 10.5. The minimum absolute atomic E-state index is 0. The number of carbonyl (C=O) groups excluding carboxylic acids is 1. The summed E-state index contributed by atoms with van der Waals surface area (Å²) < 4.78 is 5.60. The minimum Gasteiger partial charge on any atom is -0.489 e. The molecule has 6 heteroatoms. The number of hydrogen-bond donors (Lipinski definition) is 2. The van der Waals surface area contributed by atoms with Gasteiger partial charge in [-0.2, -0.15) is 0 Å². The first-order valence-electron chi connectivity index (χ1n) is 7.98. The third kappa shape index (κ3) is 3.76. The SMILES string of the molecule is CC(C)Oc1ccc(NC(=O)C2C3CCC(C3)C2N)cc1Cl.Cl. The molecule has 4 unspecified atom stereocenters. The van der Waals surface area contributed by atoms with Gasteiger partial charge in [-0.3, -0.25) is 4.79 Å². The highest BCUT2D eigenvalue weighted by molar-refractivity contribution is 6.32. The van der Waals surface area contributed by atoms with E-state index in [1.165, 1.54) is 6.42 Å². The molecule has 128 valence electrons.